The van der Waals surface area contributed by atoms with Crippen LogP contribution in [0.2, 0.25) is 0 Å². The SMILES string of the molecule is COc1cc(C=CC(=O)Nc2cccc(F)c2)ccc1OCc1ccccc1C. The maximum absolute atomic E-state index is 13.2. The van der Waals surface area contributed by atoms with Crippen molar-refractivity contribution in [3.05, 3.63) is 95.3 Å². The normalized spacial score (nSPS) is 10.7. The van der Waals surface area contributed by atoms with Crippen LogP contribution in [0.15, 0.2) is 72.8 Å². The van der Waals surface area contributed by atoms with Crippen LogP contribution in [-0.2, 0) is 11.4 Å². The molecule has 0 saturated carbocycles. The molecule has 3 aromatic carbocycles. The Labute approximate surface area is 169 Å². The molecule has 0 unspecified atom stereocenters. The molecule has 3 rings (SSSR count). The van der Waals surface area contributed by atoms with Gasteiger partial charge in [-0.3, -0.25) is 4.79 Å². The molecule has 3 aromatic rings. The Morgan fingerprint density at radius 1 is 1.03 bits per heavy atom. The Morgan fingerprint density at radius 2 is 1.86 bits per heavy atom. The first-order valence-corrected chi connectivity index (χ1v) is 9.15. The summed E-state index contributed by atoms with van der Waals surface area (Å²) >= 11 is 0. The van der Waals surface area contributed by atoms with Crippen LogP contribution in [0.1, 0.15) is 16.7 Å². The lowest BCUT2D eigenvalue weighted by molar-refractivity contribution is -0.111. The van der Waals surface area contributed by atoms with Crippen LogP contribution in [-0.4, -0.2) is 13.0 Å². The van der Waals surface area contributed by atoms with Gasteiger partial charge >= 0.3 is 0 Å². The number of ether oxygens (including phenoxy) is 2. The average molecular weight is 391 g/mol. The number of halogens is 1. The summed E-state index contributed by atoms with van der Waals surface area (Å²) in [5.74, 6) is 0.440. The highest BCUT2D eigenvalue weighted by molar-refractivity contribution is 6.01. The number of benzene rings is 3. The Hall–Kier alpha value is -3.60. The fourth-order valence-electron chi connectivity index (χ4n) is 2.76. The third-order valence-electron chi connectivity index (χ3n) is 4.35. The van der Waals surface area contributed by atoms with E-state index in [1.807, 2.05) is 37.3 Å². The van der Waals surface area contributed by atoms with Gasteiger partial charge in [0.25, 0.3) is 0 Å². The molecule has 148 valence electrons. The number of methoxy groups -OCH3 is 1. The maximum Gasteiger partial charge on any atom is 0.248 e. The van der Waals surface area contributed by atoms with Crippen molar-refractivity contribution in [2.75, 3.05) is 12.4 Å². The number of aryl methyl sites for hydroxylation is 1. The average Bonchev–Trinajstić information content (AvgIpc) is 2.72. The third-order valence-corrected chi connectivity index (χ3v) is 4.35. The van der Waals surface area contributed by atoms with Crippen molar-refractivity contribution in [3.63, 3.8) is 0 Å². The summed E-state index contributed by atoms with van der Waals surface area (Å²) in [5, 5.41) is 2.62. The molecule has 0 aliphatic carbocycles. The van der Waals surface area contributed by atoms with E-state index in [1.165, 1.54) is 24.3 Å². The second-order valence-corrected chi connectivity index (χ2v) is 6.46. The second kappa shape index (κ2) is 9.55. The van der Waals surface area contributed by atoms with E-state index >= 15 is 0 Å². The largest absolute Gasteiger partial charge is 0.493 e. The van der Waals surface area contributed by atoms with E-state index in [0.29, 0.717) is 23.8 Å². The number of carbonyl (C=O) groups is 1. The van der Waals surface area contributed by atoms with Crippen molar-refractivity contribution >= 4 is 17.7 Å². The van der Waals surface area contributed by atoms with Crippen LogP contribution >= 0.6 is 0 Å². The zero-order valence-electron chi connectivity index (χ0n) is 16.3. The lowest BCUT2D eigenvalue weighted by atomic mass is 10.1. The van der Waals surface area contributed by atoms with Crippen molar-refractivity contribution in [1.29, 1.82) is 0 Å². The van der Waals surface area contributed by atoms with Gasteiger partial charge in [-0.05, 0) is 60.0 Å². The van der Waals surface area contributed by atoms with Gasteiger partial charge < -0.3 is 14.8 Å². The van der Waals surface area contributed by atoms with Crippen molar-refractivity contribution in [2.45, 2.75) is 13.5 Å². The summed E-state index contributed by atoms with van der Waals surface area (Å²) in [7, 11) is 1.57. The highest BCUT2D eigenvalue weighted by Crippen LogP contribution is 2.29. The summed E-state index contributed by atoms with van der Waals surface area (Å²) in [5.41, 5.74) is 3.44. The van der Waals surface area contributed by atoms with E-state index in [9.17, 15) is 9.18 Å². The van der Waals surface area contributed by atoms with Gasteiger partial charge in [-0.25, -0.2) is 4.39 Å². The lowest BCUT2D eigenvalue weighted by Gasteiger charge is -2.12. The minimum absolute atomic E-state index is 0.352. The molecule has 0 saturated heterocycles. The topological polar surface area (TPSA) is 47.6 Å². The van der Waals surface area contributed by atoms with E-state index < -0.39 is 5.82 Å². The molecule has 0 atom stereocenters. The van der Waals surface area contributed by atoms with Crippen LogP contribution in [0.5, 0.6) is 11.5 Å². The maximum atomic E-state index is 13.2. The van der Waals surface area contributed by atoms with Gasteiger partial charge in [-0.2, -0.15) is 0 Å². The number of hydrogen-bond donors (Lipinski definition) is 1. The number of anilines is 1. The van der Waals surface area contributed by atoms with Crippen LogP contribution in [0, 0.1) is 12.7 Å². The second-order valence-electron chi connectivity index (χ2n) is 6.46. The van der Waals surface area contributed by atoms with Crippen LogP contribution in [0.3, 0.4) is 0 Å². The zero-order chi connectivity index (χ0) is 20.6. The number of nitrogens with one attached hydrogen (secondary N) is 1. The molecule has 0 fully saturated rings. The van der Waals surface area contributed by atoms with E-state index in [2.05, 4.69) is 5.32 Å². The van der Waals surface area contributed by atoms with Gasteiger partial charge in [0.1, 0.15) is 12.4 Å². The van der Waals surface area contributed by atoms with E-state index in [-0.39, 0.29) is 5.91 Å². The van der Waals surface area contributed by atoms with Crippen molar-refractivity contribution in [3.8, 4) is 11.5 Å². The van der Waals surface area contributed by atoms with Crippen LogP contribution in [0.4, 0.5) is 10.1 Å². The van der Waals surface area contributed by atoms with Crippen LogP contribution in [0.25, 0.3) is 6.08 Å². The molecule has 0 aromatic heterocycles. The molecular formula is C24H22FNO3. The quantitative estimate of drug-likeness (QED) is 0.551. The highest BCUT2D eigenvalue weighted by Gasteiger charge is 2.07. The number of amides is 1. The first kappa shape index (κ1) is 20.1. The summed E-state index contributed by atoms with van der Waals surface area (Å²) in [6.07, 6.45) is 3.04. The number of rotatable bonds is 7. The standard InChI is InChI=1S/C24H22FNO3/c1-17-6-3-4-7-19(17)16-29-22-12-10-18(14-23(22)28-2)11-13-24(27)26-21-9-5-8-20(25)15-21/h3-15H,16H2,1-2H3,(H,26,27). The monoisotopic (exact) mass is 391 g/mol. The molecular weight excluding hydrogens is 369 g/mol. The highest BCUT2D eigenvalue weighted by atomic mass is 19.1. The minimum Gasteiger partial charge on any atom is -0.493 e. The molecule has 0 aliphatic heterocycles. The Morgan fingerprint density at radius 3 is 2.62 bits per heavy atom. The summed E-state index contributed by atoms with van der Waals surface area (Å²) in [6.45, 7) is 2.48. The minimum atomic E-state index is -0.405. The van der Waals surface area contributed by atoms with Crippen molar-refractivity contribution in [1.82, 2.24) is 0 Å². The Bertz CT molecular complexity index is 1030. The predicted molar refractivity (Wildman–Crippen MR) is 113 cm³/mol. The molecule has 29 heavy (non-hydrogen) atoms. The molecule has 4 nitrogen and oxygen atoms in total. The number of hydrogen-bond acceptors (Lipinski definition) is 3. The van der Waals surface area contributed by atoms with Gasteiger partial charge in [0.2, 0.25) is 5.91 Å². The molecule has 0 radical (unpaired) electrons. The fourth-order valence-corrected chi connectivity index (χ4v) is 2.76. The van der Waals surface area contributed by atoms with E-state index in [4.69, 9.17) is 9.47 Å². The molecule has 5 heteroatoms. The molecule has 0 aliphatic rings. The van der Waals surface area contributed by atoms with Gasteiger partial charge in [0.05, 0.1) is 7.11 Å². The molecule has 1 amide bonds. The molecule has 1 N–H and O–H groups in total. The molecule has 0 spiro atoms. The van der Waals surface area contributed by atoms with Crippen LogP contribution < -0.4 is 14.8 Å². The smallest absolute Gasteiger partial charge is 0.248 e. The van der Waals surface area contributed by atoms with Crippen molar-refractivity contribution < 1.29 is 18.7 Å². The van der Waals surface area contributed by atoms with Gasteiger partial charge in [-0.15, -0.1) is 0 Å². The first-order chi connectivity index (χ1) is 14.0. The lowest BCUT2D eigenvalue weighted by Crippen LogP contribution is -2.07. The Kier molecular flexibility index (Phi) is 6.63. The Balaban J connectivity index is 1.65. The van der Waals surface area contributed by atoms with Gasteiger partial charge in [0, 0.05) is 11.8 Å². The first-order valence-electron chi connectivity index (χ1n) is 9.15. The fraction of sp³-hybridized carbons (Fsp3) is 0.125. The summed E-state index contributed by atoms with van der Waals surface area (Å²) in [6, 6.07) is 19.2. The number of carbonyl (C=O) groups excluding carboxylic acids is 1. The third kappa shape index (κ3) is 5.69. The van der Waals surface area contributed by atoms with Gasteiger partial charge in [-0.1, -0.05) is 36.4 Å². The van der Waals surface area contributed by atoms with E-state index in [1.54, 1.807) is 31.4 Å². The molecule has 0 heterocycles. The van der Waals surface area contributed by atoms with Crippen molar-refractivity contribution in [2.24, 2.45) is 0 Å². The predicted octanol–water partition coefficient (Wildman–Crippen LogP) is 5.37. The zero-order valence-corrected chi connectivity index (χ0v) is 16.3. The molecule has 0 bridgehead atoms. The summed E-state index contributed by atoms with van der Waals surface area (Å²) < 4.78 is 24.5. The van der Waals surface area contributed by atoms with Gasteiger partial charge in [0.15, 0.2) is 11.5 Å². The summed E-state index contributed by atoms with van der Waals surface area (Å²) in [4.78, 5) is 12.0. The van der Waals surface area contributed by atoms with E-state index in [0.717, 1.165) is 16.7 Å².